The predicted molar refractivity (Wildman–Crippen MR) is 124 cm³/mol. The van der Waals surface area contributed by atoms with Crippen molar-refractivity contribution in [3.05, 3.63) is 77.7 Å². The van der Waals surface area contributed by atoms with Gasteiger partial charge in [0.25, 0.3) is 0 Å². The zero-order valence-corrected chi connectivity index (χ0v) is 19.1. The van der Waals surface area contributed by atoms with Gasteiger partial charge in [0.15, 0.2) is 11.5 Å². The van der Waals surface area contributed by atoms with Gasteiger partial charge in [0, 0.05) is 12.2 Å². The van der Waals surface area contributed by atoms with E-state index in [9.17, 15) is 23.1 Å². The zero-order chi connectivity index (χ0) is 24.8. The average Bonchev–Trinajstić information content (AvgIpc) is 3.37. The number of nitrogens with one attached hydrogen (secondary N) is 2. The maximum Gasteiger partial charge on any atom is 0.416 e. The van der Waals surface area contributed by atoms with Crippen molar-refractivity contribution in [1.82, 2.24) is 10.2 Å². The Morgan fingerprint density at radius 2 is 2.00 bits per heavy atom. The molecule has 2 atom stereocenters. The largest absolute Gasteiger partial charge is 0.465 e. The third-order valence-electron chi connectivity index (χ3n) is 6.01. The molecule has 3 N–H and O–H groups in total. The van der Waals surface area contributed by atoms with Crippen molar-refractivity contribution >= 4 is 11.7 Å². The van der Waals surface area contributed by atoms with E-state index in [1.165, 1.54) is 24.7 Å². The van der Waals surface area contributed by atoms with Crippen LogP contribution in [0.3, 0.4) is 0 Å². The van der Waals surface area contributed by atoms with Crippen molar-refractivity contribution in [2.24, 2.45) is 0 Å². The summed E-state index contributed by atoms with van der Waals surface area (Å²) in [5.74, 6) is 0.626. The first-order valence-corrected chi connectivity index (χ1v) is 11.5. The van der Waals surface area contributed by atoms with E-state index in [0.717, 1.165) is 56.5 Å². The lowest BCUT2D eigenvalue weighted by molar-refractivity contribution is -0.137. The number of urea groups is 1. The molecule has 0 radical (unpaired) electrons. The molecular weight excluding hydrogens is 463 g/mol. The monoisotopic (exact) mass is 491 g/mol. The predicted octanol–water partition coefficient (Wildman–Crippen LogP) is 4.66. The number of carbonyl (C=O) groups excluding carboxylic acids is 1. The Labute approximate surface area is 201 Å². The molecule has 10 heteroatoms. The van der Waals surface area contributed by atoms with E-state index >= 15 is 0 Å². The first kappa shape index (κ1) is 24.9. The smallest absolute Gasteiger partial charge is 0.416 e. The van der Waals surface area contributed by atoms with Gasteiger partial charge in [0.2, 0.25) is 0 Å². The van der Waals surface area contributed by atoms with Crippen LogP contribution in [-0.4, -0.2) is 47.8 Å². The number of hydrogen-bond donors (Lipinski definition) is 3. The zero-order valence-electron chi connectivity index (χ0n) is 19.1. The molecule has 0 bridgehead atoms. The number of anilines is 1. The summed E-state index contributed by atoms with van der Waals surface area (Å²) in [5, 5.41) is 16.3. The molecule has 1 aromatic carbocycles. The number of allylic oxidation sites excluding steroid dienone is 4. The summed E-state index contributed by atoms with van der Waals surface area (Å²) in [4.78, 5) is 14.8. The number of carbonyl (C=O) groups is 1. The summed E-state index contributed by atoms with van der Waals surface area (Å²) in [6.45, 7) is 1.98. The molecular formula is C25H28F3N3O4. The molecule has 7 nitrogen and oxygen atoms in total. The summed E-state index contributed by atoms with van der Waals surface area (Å²) in [6, 6.07) is 2.84. The molecule has 0 saturated carbocycles. The number of benzene rings is 1. The number of aliphatic hydroxyl groups is 1. The van der Waals surface area contributed by atoms with Gasteiger partial charge in [-0.15, -0.1) is 0 Å². The minimum absolute atomic E-state index is 0.00860. The van der Waals surface area contributed by atoms with E-state index in [4.69, 9.17) is 9.47 Å². The highest BCUT2D eigenvalue weighted by Gasteiger charge is 2.33. The molecule has 2 heterocycles. The van der Waals surface area contributed by atoms with E-state index < -0.39 is 29.9 Å². The van der Waals surface area contributed by atoms with E-state index in [1.54, 1.807) is 0 Å². The maximum absolute atomic E-state index is 13.0. The highest BCUT2D eigenvalue weighted by atomic mass is 19.4. The second-order valence-electron chi connectivity index (χ2n) is 8.64. The van der Waals surface area contributed by atoms with E-state index in [1.807, 2.05) is 18.2 Å². The number of aliphatic hydroxyl groups excluding tert-OH is 1. The lowest BCUT2D eigenvalue weighted by Gasteiger charge is -2.30. The fourth-order valence-electron chi connectivity index (χ4n) is 4.19. The molecule has 0 spiro atoms. The molecule has 3 aliphatic rings. The van der Waals surface area contributed by atoms with Crippen molar-refractivity contribution in [2.45, 2.75) is 44.0 Å². The van der Waals surface area contributed by atoms with E-state index in [2.05, 4.69) is 15.5 Å². The number of rotatable bonds is 7. The molecule has 188 valence electrons. The van der Waals surface area contributed by atoms with Gasteiger partial charge in [0.1, 0.15) is 18.6 Å². The molecule has 0 unspecified atom stereocenters. The summed E-state index contributed by atoms with van der Waals surface area (Å²) >= 11 is 0. The Bertz CT molecular complexity index is 1040. The number of amides is 2. The highest BCUT2D eigenvalue weighted by molar-refractivity contribution is 5.89. The Balaban J connectivity index is 1.45. The molecule has 1 aromatic rings. The summed E-state index contributed by atoms with van der Waals surface area (Å²) < 4.78 is 50.4. The summed E-state index contributed by atoms with van der Waals surface area (Å²) in [5.41, 5.74) is 0.0513. The molecule has 1 saturated heterocycles. The number of alkyl halides is 3. The van der Waals surface area contributed by atoms with Gasteiger partial charge in [-0.25, -0.2) is 4.79 Å². The van der Waals surface area contributed by atoms with E-state index in [0.29, 0.717) is 12.3 Å². The highest BCUT2D eigenvalue weighted by Crippen LogP contribution is 2.31. The Morgan fingerprint density at radius 3 is 2.71 bits per heavy atom. The lowest BCUT2D eigenvalue weighted by atomic mass is 10.0. The standard InChI is InChI=1S/C25H28F3N3O4/c26-25(27,28)18-9-6-10-19(13-18)29-24(33)30-20(14-31-11-4-5-12-31)23(32)22-16-34-15-21(35-22)17-7-2-1-3-8-17/h1-2,6-7,9-10,13,15-16,20,23,32H,3-5,8,11-12,14H2,(H2,29,30,33)/t20-,23-/m1/s1. The van der Waals surface area contributed by atoms with Crippen LogP contribution in [0.1, 0.15) is 31.2 Å². The van der Waals surface area contributed by atoms with Gasteiger partial charge in [-0.05, 0) is 62.5 Å². The summed E-state index contributed by atoms with van der Waals surface area (Å²) in [6.07, 6.45) is 6.51. The van der Waals surface area contributed by atoms with Crippen molar-refractivity contribution in [3.8, 4) is 0 Å². The fraction of sp³-hybridized carbons (Fsp3) is 0.400. The topological polar surface area (TPSA) is 83.1 Å². The van der Waals surface area contributed by atoms with Crippen molar-refractivity contribution < 1.29 is 32.5 Å². The molecule has 35 heavy (non-hydrogen) atoms. The van der Waals surface area contributed by atoms with Crippen LogP contribution in [0.15, 0.2) is 72.1 Å². The number of halogens is 3. The van der Waals surface area contributed by atoms with Crippen LogP contribution < -0.4 is 10.6 Å². The third-order valence-corrected chi connectivity index (χ3v) is 6.01. The first-order valence-electron chi connectivity index (χ1n) is 11.5. The normalized spacial score (nSPS) is 20.1. The maximum atomic E-state index is 13.0. The van der Waals surface area contributed by atoms with Crippen LogP contribution in [0.25, 0.3) is 0 Å². The van der Waals surface area contributed by atoms with Crippen molar-refractivity contribution in [1.29, 1.82) is 0 Å². The van der Waals surface area contributed by atoms with Gasteiger partial charge < -0.3 is 30.1 Å². The van der Waals surface area contributed by atoms with Crippen LogP contribution in [0.5, 0.6) is 0 Å². The van der Waals surface area contributed by atoms with Gasteiger partial charge >= 0.3 is 12.2 Å². The van der Waals surface area contributed by atoms with Crippen LogP contribution in [0.4, 0.5) is 23.7 Å². The van der Waals surface area contributed by atoms with Crippen molar-refractivity contribution in [3.63, 3.8) is 0 Å². The summed E-state index contributed by atoms with van der Waals surface area (Å²) in [7, 11) is 0. The number of ether oxygens (including phenoxy) is 2. The Kier molecular flexibility index (Phi) is 7.82. The number of hydrogen-bond acceptors (Lipinski definition) is 5. The molecule has 4 rings (SSSR count). The fourth-order valence-corrected chi connectivity index (χ4v) is 4.19. The minimum atomic E-state index is -4.53. The average molecular weight is 492 g/mol. The second-order valence-corrected chi connectivity index (χ2v) is 8.64. The third kappa shape index (κ3) is 6.67. The molecule has 1 fully saturated rings. The molecule has 2 aliphatic heterocycles. The molecule has 1 aliphatic carbocycles. The minimum Gasteiger partial charge on any atom is -0.465 e. The number of likely N-dealkylation sites (tertiary alicyclic amines) is 1. The van der Waals surface area contributed by atoms with E-state index in [-0.39, 0.29) is 11.4 Å². The number of nitrogens with zero attached hydrogens (tertiary/aromatic N) is 1. The molecule has 2 amide bonds. The Hall–Kier alpha value is -3.24. The second kappa shape index (κ2) is 11.0. The van der Waals surface area contributed by atoms with Crippen LogP contribution in [-0.2, 0) is 15.7 Å². The van der Waals surface area contributed by atoms with Gasteiger partial charge in [-0.2, -0.15) is 13.2 Å². The first-order chi connectivity index (χ1) is 16.8. The van der Waals surface area contributed by atoms with Crippen LogP contribution in [0, 0.1) is 0 Å². The molecule has 0 aromatic heterocycles. The Morgan fingerprint density at radius 1 is 1.20 bits per heavy atom. The van der Waals surface area contributed by atoms with Crippen LogP contribution >= 0.6 is 0 Å². The van der Waals surface area contributed by atoms with Gasteiger partial charge in [-0.1, -0.05) is 24.3 Å². The SMILES string of the molecule is O=C(Nc1cccc(C(F)(F)F)c1)N[C@H](CN1CCCC1)[C@@H](O)C1=COC=C(C2=CC=CCC2)O1. The van der Waals surface area contributed by atoms with Crippen LogP contribution in [0.2, 0.25) is 0 Å². The van der Waals surface area contributed by atoms with Crippen molar-refractivity contribution in [2.75, 3.05) is 25.0 Å². The quantitative estimate of drug-likeness (QED) is 0.517. The van der Waals surface area contributed by atoms with Gasteiger partial charge in [0.05, 0.1) is 11.6 Å². The van der Waals surface area contributed by atoms with Gasteiger partial charge in [-0.3, -0.25) is 0 Å². The lowest BCUT2D eigenvalue weighted by Crippen LogP contribution is -2.52.